The zero-order valence-corrected chi connectivity index (χ0v) is 14.9. The fourth-order valence-electron chi connectivity index (χ4n) is 2.42. The van der Waals surface area contributed by atoms with Gasteiger partial charge in [-0.1, -0.05) is 23.5 Å². The summed E-state index contributed by atoms with van der Waals surface area (Å²) in [5.41, 5.74) is 1.13. The second-order valence-electron chi connectivity index (χ2n) is 5.31. The van der Waals surface area contributed by atoms with Crippen molar-refractivity contribution in [3.8, 4) is 17.0 Å². The summed E-state index contributed by atoms with van der Waals surface area (Å²) in [6.45, 7) is 0. The Morgan fingerprint density at radius 3 is 2.77 bits per heavy atom. The van der Waals surface area contributed by atoms with E-state index in [4.69, 9.17) is 0 Å². The Morgan fingerprint density at radius 1 is 1.19 bits per heavy atom. The monoisotopic (exact) mass is 396 g/mol. The van der Waals surface area contributed by atoms with Gasteiger partial charge in [-0.25, -0.2) is 9.50 Å². The van der Waals surface area contributed by atoms with Gasteiger partial charge in [-0.05, 0) is 29.6 Å². The van der Waals surface area contributed by atoms with Gasteiger partial charge >= 0.3 is 6.36 Å². The van der Waals surface area contributed by atoms with Gasteiger partial charge in [-0.3, -0.25) is 0 Å². The molecule has 26 heavy (non-hydrogen) atoms. The van der Waals surface area contributed by atoms with E-state index in [1.54, 1.807) is 28.1 Å². The first-order valence-corrected chi connectivity index (χ1v) is 9.08. The van der Waals surface area contributed by atoms with Gasteiger partial charge in [0.1, 0.15) is 5.75 Å². The Balaban J connectivity index is 1.70. The molecule has 0 unspecified atom stereocenters. The Labute approximate surface area is 153 Å². The Morgan fingerprint density at radius 2 is 2.04 bits per heavy atom. The van der Waals surface area contributed by atoms with E-state index in [0.717, 1.165) is 10.1 Å². The fourth-order valence-corrected chi connectivity index (χ4v) is 4.03. The predicted molar refractivity (Wildman–Crippen MR) is 95.4 cm³/mol. The molecule has 0 amide bonds. The van der Waals surface area contributed by atoms with E-state index in [2.05, 4.69) is 14.8 Å². The van der Waals surface area contributed by atoms with Crippen LogP contribution in [-0.2, 0) is 0 Å². The van der Waals surface area contributed by atoms with Crippen molar-refractivity contribution < 1.29 is 17.9 Å². The average Bonchev–Trinajstić information content (AvgIpc) is 3.29. The molecule has 10 heteroatoms. The molecule has 0 saturated heterocycles. The van der Waals surface area contributed by atoms with Gasteiger partial charge in [-0.2, -0.15) is 0 Å². The maximum absolute atomic E-state index is 12.4. The van der Waals surface area contributed by atoms with Crippen molar-refractivity contribution in [2.75, 3.05) is 11.9 Å². The molecule has 3 aromatic heterocycles. The third-order valence-corrected chi connectivity index (χ3v) is 5.51. The van der Waals surface area contributed by atoms with E-state index < -0.39 is 6.36 Å². The third-order valence-electron chi connectivity index (χ3n) is 3.56. The van der Waals surface area contributed by atoms with Crippen molar-refractivity contribution >= 4 is 37.8 Å². The summed E-state index contributed by atoms with van der Waals surface area (Å²) in [4.78, 5) is 6.91. The Hall–Kier alpha value is -2.59. The molecule has 0 fully saturated rings. The molecule has 0 N–H and O–H groups in total. The Kier molecular flexibility index (Phi) is 4.08. The van der Waals surface area contributed by atoms with Crippen LogP contribution in [0.5, 0.6) is 5.75 Å². The molecule has 0 radical (unpaired) electrons. The number of hydrogen-bond donors (Lipinski definition) is 0. The van der Waals surface area contributed by atoms with Gasteiger partial charge in [0, 0.05) is 12.6 Å². The molecule has 3 heterocycles. The van der Waals surface area contributed by atoms with Crippen LogP contribution in [0.1, 0.15) is 0 Å². The van der Waals surface area contributed by atoms with Crippen molar-refractivity contribution in [2.24, 2.45) is 0 Å². The Bertz CT molecular complexity index is 1040. The second kappa shape index (κ2) is 6.29. The number of nitrogens with zero attached hydrogens (tertiary/aromatic N) is 4. The van der Waals surface area contributed by atoms with Crippen molar-refractivity contribution in [2.45, 2.75) is 6.36 Å². The largest absolute Gasteiger partial charge is 0.573 e. The first-order valence-electron chi connectivity index (χ1n) is 7.39. The molecule has 0 saturated carbocycles. The lowest BCUT2D eigenvalue weighted by Crippen LogP contribution is -2.17. The van der Waals surface area contributed by atoms with Crippen LogP contribution in [-0.4, -0.2) is 28.0 Å². The van der Waals surface area contributed by atoms with Crippen LogP contribution in [0.4, 0.5) is 23.3 Å². The first kappa shape index (κ1) is 16.9. The summed E-state index contributed by atoms with van der Waals surface area (Å²) in [5, 5.41) is 8.29. The van der Waals surface area contributed by atoms with Gasteiger partial charge in [0.2, 0.25) is 10.1 Å². The number of thiophene rings is 1. The number of alkyl halides is 3. The minimum atomic E-state index is -4.73. The SMILES string of the molecule is CN(c1cccs1)c1nn2c(-c3cccc(OC(F)(F)F)c3)cnc2s1. The summed E-state index contributed by atoms with van der Waals surface area (Å²) in [5.74, 6) is -0.281. The number of fused-ring (bicyclic) bond motifs is 1. The molecule has 5 nitrogen and oxygen atoms in total. The molecule has 0 spiro atoms. The summed E-state index contributed by atoms with van der Waals surface area (Å²) in [7, 11) is 1.90. The van der Waals surface area contributed by atoms with E-state index in [1.807, 2.05) is 29.5 Å². The fraction of sp³-hybridized carbons (Fsp3) is 0.125. The highest BCUT2D eigenvalue weighted by atomic mass is 32.1. The third kappa shape index (κ3) is 3.25. The molecule has 0 aliphatic carbocycles. The molecule has 0 aliphatic rings. The smallest absolute Gasteiger partial charge is 0.406 e. The van der Waals surface area contributed by atoms with Crippen LogP contribution >= 0.6 is 22.7 Å². The quantitative estimate of drug-likeness (QED) is 0.476. The van der Waals surface area contributed by atoms with Crippen LogP contribution in [0, 0.1) is 0 Å². The summed E-state index contributed by atoms with van der Waals surface area (Å²) in [6.07, 6.45) is -3.15. The van der Waals surface area contributed by atoms with E-state index in [9.17, 15) is 13.2 Å². The minimum absolute atomic E-state index is 0.281. The highest BCUT2D eigenvalue weighted by molar-refractivity contribution is 7.21. The maximum atomic E-state index is 12.4. The number of hydrogen-bond acceptors (Lipinski definition) is 6. The van der Waals surface area contributed by atoms with Crippen molar-refractivity contribution in [1.29, 1.82) is 0 Å². The lowest BCUT2D eigenvalue weighted by molar-refractivity contribution is -0.274. The molecule has 134 valence electrons. The molecular weight excluding hydrogens is 385 g/mol. The van der Waals surface area contributed by atoms with Crippen molar-refractivity contribution in [3.63, 3.8) is 0 Å². The van der Waals surface area contributed by atoms with E-state index in [1.165, 1.54) is 29.5 Å². The summed E-state index contributed by atoms with van der Waals surface area (Å²) < 4.78 is 42.9. The molecule has 0 atom stereocenters. The second-order valence-corrected chi connectivity index (χ2v) is 7.17. The van der Waals surface area contributed by atoms with Crippen LogP contribution in [0.2, 0.25) is 0 Å². The van der Waals surface area contributed by atoms with Crippen LogP contribution in [0.15, 0.2) is 48.0 Å². The lowest BCUT2D eigenvalue weighted by atomic mass is 10.1. The molecule has 0 bridgehead atoms. The highest BCUT2D eigenvalue weighted by Crippen LogP contribution is 2.34. The summed E-state index contributed by atoms with van der Waals surface area (Å²) >= 11 is 2.98. The lowest BCUT2D eigenvalue weighted by Gasteiger charge is -2.11. The number of ether oxygens (including phenoxy) is 1. The molecule has 4 rings (SSSR count). The first-order chi connectivity index (χ1) is 12.4. The zero-order chi connectivity index (χ0) is 18.3. The van der Waals surface area contributed by atoms with Crippen LogP contribution in [0.25, 0.3) is 16.2 Å². The van der Waals surface area contributed by atoms with E-state index in [-0.39, 0.29) is 5.75 Å². The van der Waals surface area contributed by atoms with Crippen molar-refractivity contribution in [1.82, 2.24) is 14.6 Å². The van der Waals surface area contributed by atoms with Crippen molar-refractivity contribution in [3.05, 3.63) is 48.0 Å². The standard InChI is InChI=1S/C16H11F3N4OS2/c1-22(13-6-3-7-25-13)15-21-23-12(9-20-14(23)26-15)10-4-2-5-11(8-10)24-16(17,18)19/h2-9H,1H3. The molecular formula is C16H11F3N4OS2. The number of benzene rings is 1. The normalized spacial score (nSPS) is 11.8. The van der Waals surface area contributed by atoms with Crippen LogP contribution in [0.3, 0.4) is 0 Å². The number of aromatic nitrogens is 3. The highest BCUT2D eigenvalue weighted by Gasteiger charge is 2.31. The number of imidazole rings is 1. The number of anilines is 2. The van der Waals surface area contributed by atoms with E-state index in [0.29, 0.717) is 16.2 Å². The van der Waals surface area contributed by atoms with E-state index >= 15 is 0 Å². The molecule has 1 aromatic carbocycles. The number of rotatable bonds is 4. The number of halogens is 3. The van der Waals surface area contributed by atoms with Gasteiger partial charge < -0.3 is 9.64 Å². The maximum Gasteiger partial charge on any atom is 0.573 e. The minimum Gasteiger partial charge on any atom is -0.406 e. The van der Waals surface area contributed by atoms with Gasteiger partial charge in [0.25, 0.3) is 0 Å². The van der Waals surface area contributed by atoms with Crippen LogP contribution < -0.4 is 9.64 Å². The average molecular weight is 396 g/mol. The zero-order valence-electron chi connectivity index (χ0n) is 13.3. The van der Waals surface area contributed by atoms with Gasteiger partial charge in [-0.15, -0.1) is 29.6 Å². The summed E-state index contributed by atoms with van der Waals surface area (Å²) in [6, 6.07) is 9.70. The molecule has 0 aliphatic heterocycles. The van der Waals surface area contributed by atoms with Gasteiger partial charge in [0.05, 0.1) is 16.9 Å². The predicted octanol–water partition coefficient (Wildman–Crippen LogP) is 5.19. The topological polar surface area (TPSA) is 42.7 Å². The van der Waals surface area contributed by atoms with Gasteiger partial charge in [0.15, 0.2) is 0 Å². The molecule has 4 aromatic rings.